The largest absolute Gasteiger partial charge is 0.508 e. The van der Waals surface area contributed by atoms with Gasteiger partial charge in [-0.3, -0.25) is 4.79 Å². The lowest BCUT2D eigenvalue weighted by molar-refractivity contribution is -0.139. The number of halogens is 1. The number of carbonyl (C=O) groups is 1. The Bertz CT molecular complexity index is 351. The first-order chi connectivity index (χ1) is 6.50. The summed E-state index contributed by atoms with van der Waals surface area (Å²) in [5.41, 5.74) is -0.134. The van der Waals surface area contributed by atoms with Crippen molar-refractivity contribution in [3.63, 3.8) is 0 Å². The highest BCUT2D eigenvalue weighted by Gasteiger charge is 2.16. The number of hydrogen-bond acceptors (Lipinski definition) is 3. The highest BCUT2D eigenvalue weighted by atomic mass is 19.1. The molecule has 0 aliphatic heterocycles. The number of carboxylic acid groups (broad SMARTS) is 1. The summed E-state index contributed by atoms with van der Waals surface area (Å²) in [5, 5.41) is 26.5. The van der Waals surface area contributed by atoms with Crippen molar-refractivity contribution in [1.29, 1.82) is 0 Å². The molecule has 0 radical (unpaired) electrons. The Labute approximate surface area is 79.2 Å². The number of phenols is 1. The molecule has 0 heterocycles. The minimum absolute atomic E-state index is 0.134. The average molecular weight is 200 g/mol. The molecule has 3 N–H and O–H groups in total. The summed E-state index contributed by atoms with van der Waals surface area (Å²) in [4.78, 5) is 10.2. The van der Waals surface area contributed by atoms with Gasteiger partial charge in [0, 0.05) is 11.6 Å². The lowest BCUT2D eigenvalue weighted by Gasteiger charge is -2.09. The summed E-state index contributed by atoms with van der Waals surface area (Å²) in [6.07, 6.45) is -1.96. The average Bonchev–Trinajstić information content (AvgIpc) is 2.01. The minimum atomic E-state index is -1.40. The second-order valence-corrected chi connectivity index (χ2v) is 2.82. The zero-order chi connectivity index (χ0) is 10.7. The molecule has 76 valence electrons. The molecule has 0 bridgehead atoms. The number of aliphatic hydroxyl groups excluding tert-OH is 1. The van der Waals surface area contributed by atoms with Gasteiger partial charge in [-0.1, -0.05) is 0 Å². The second kappa shape index (κ2) is 4.06. The van der Waals surface area contributed by atoms with Gasteiger partial charge in [0.15, 0.2) is 0 Å². The molecule has 0 fully saturated rings. The van der Waals surface area contributed by atoms with Gasteiger partial charge in [0.05, 0.1) is 12.5 Å². The van der Waals surface area contributed by atoms with Crippen molar-refractivity contribution in [2.75, 3.05) is 0 Å². The van der Waals surface area contributed by atoms with Gasteiger partial charge in [0.1, 0.15) is 11.6 Å². The van der Waals surface area contributed by atoms with Crippen LogP contribution in [0.1, 0.15) is 18.1 Å². The molecule has 0 amide bonds. The van der Waals surface area contributed by atoms with E-state index in [1.807, 2.05) is 0 Å². The zero-order valence-corrected chi connectivity index (χ0v) is 7.14. The lowest BCUT2D eigenvalue weighted by atomic mass is 10.1. The number of carboxylic acids is 1. The smallest absolute Gasteiger partial charge is 0.306 e. The topological polar surface area (TPSA) is 77.8 Å². The summed E-state index contributed by atoms with van der Waals surface area (Å²) in [5.74, 6) is -2.31. The number of aliphatic carboxylic acids is 1. The van der Waals surface area contributed by atoms with Crippen LogP contribution >= 0.6 is 0 Å². The van der Waals surface area contributed by atoms with Gasteiger partial charge in [0.2, 0.25) is 0 Å². The van der Waals surface area contributed by atoms with Gasteiger partial charge in [0.25, 0.3) is 0 Å². The highest BCUT2D eigenvalue weighted by molar-refractivity contribution is 5.67. The second-order valence-electron chi connectivity index (χ2n) is 2.82. The lowest BCUT2D eigenvalue weighted by Crippen LogP contribution is -2.07. The molecular formula is C9H9FO4. The van der Waals surface area contributed by atoms with E-state index < -0.39 is 24.3 Å². The maximum atomic E-state index is 13.0. The molecule has 14 heavy (non-hydrogen) atoms. The van der Waals surface area contributed by atoms with E-state index in [-0.39, 0.29) is 11.3 Å². The Balaban J connectivity index is 2.90. The third kappa shape index (κ3) is 2.43. The first kappa shape index (κ1) is 10.5. The minimum Gasteiger partial charge on any atom is -0.508 e. The van der Waals surface area contributed by atoms with E-state index in [2.05, 4.69) is 0 Å². The Morgan fingerprint density at radius 2 is 2.14 bits per heavy atom. The van der Waals surface area contributed by atoms with Crippen LogP contribution in [-0.4, -0.2) is 21.3 Å². The van der Waals surface area contributed by atoms with Crippen molar-refractivity contribution in [3.05, 3.63) is 29.6 Å². The van der Waals surface area contributed by atoms with Crippen LogP contribution < -0.4 is 0 Å². The van der Waals surface area contributed by atoms with Crippen LogP contribution in [0.5, 0.6) is 5.75 Å². The van der Waals surface area contributed by atoms with Gasteiger partial charge in [-0.15, -0.1) is 0 Å². The molecule has 0 aliphatic rings. The molecule has 1 aromatic carbocycles. The van der Waals surface area contributed by atoms with Crippen LogP contribution in [0.25, 0.3) is 0 Å². The first-order valence-corrected chi connectivity index (χ1v) is 3.89. The summed E-state index contributed by atoms with van der Waals surface area (Å²) in [6.45, 7) is 0. The number of benzene rings is 1. The van der Waals surface area contributed by atoms with Crippen LogP contribution in [0.4, 0.5) is 4.39 Å². The van der Waals surface area contributed by atoms with E-state index >= 15 is 0 Å². The van der Waals surface area contributed by atoms with Gasteiger partial charge < -0.3 is 15.3 Å². The SMILES string of the molecule is O=C(O)C[C@H](O)c1ccc(O)cc1F. The fraction of sp³-hybridized carbons (Fsp3) is 0.222. The maximum Gasteiger partial charge on any atom is 0.306 e. The highest BCUT2D eigenvalue weighted by Crippen LogP contribution is 2.23. The molecule has 1 rings (SSSR count). The van der Waals surface area contributed by atoms with Crippen LogP contribution in [0.3, 0.4) is 0 Å². The Morgan fingerprint density at radius 1 is 1.50 bits per heavy atom. The van der Waals surface area contributed by atoms with Gasteiger partial charge in [-0.05, 0) is 12.1 Å². The summed E-state index contributed by atoms with van der Waals surface area (Å²) < 4.78 is 13.0. The summed E-state index contributed by atoms with van der Waals surface area (Å²) in [6, 6.07) is 3.15. The van der Waals surface area contributed by atoms with Crippen LogP contribution in [0.15, 0.2) is 18.2 Å². The molecule has 4 nitrogen and oxygen atoms in total. The maximum absolute atomic E-state index is 13.0. The Morgan fingerprint density at radius 3 is 2.64 bits per heavy atom. The van der Waals surface area contributed by atoms with Gasteiger partial charge >= 0.3 is 5.97 Å². The molecule has 0 aliphatic carbocycles. The number of hydrogen-bond donors (Lipinski definition) is 3. The van der Waals surface area contributed by atoms with Crippen molar-refractivity contribution in [2.24, 2.45) is 0 Å². The van der Waals surface area contributed by atoms with E-state index in [1.54, 1.807) is 0 Å². The van der Waals surface area contributed by atoms with E-state index in [4.69, 9.17) is 10.2 Å². The number of phenolic OH excluding ortho intramolecular Hbond substituents is 1. The van der Waals surface area contributed by atoms with Crippen LogP contribution in [0, 0.1) is 5.82 Å². The predicted octanol–water partition coefficient (Wildman–Crippen LogP) is 1.04. The van der Waals surface area contributed by atoms with Crippen molar-refractivity contribution < 1.29 is 24.5 Å². The Kier molecular flexibility index (Phi) is 3.03. The number of aromatic hydroxyl groups is 1. The molecule has 0 aromatic heterocycles. The number of rotatable bonds is 3. The van der Waals surface area contributed by atoms with Crippen molar-refractivity contribution in [1.82, 2.24) is 0 Å². The molecule has 1 aromatic rings. The fourth-order valence-corrected chi connectivity index (χ4v) is 1.06. The number of aliphatic hydroxyl groups is 1. The molecule has 0 saturated heterocycles. The van der Waals surface area contributed by atoms with E-state index in [0.29, 0.717) is 0 Å². The van der Waals surface area contributed by atoms with Gasteiger partial charge in [-0.25, -0.2) is 4.39 Å². The van der Waals surface area contributed by atoms with Crippen LogP contribution in [0.2, 0.25) is 0 Å². The molecule has 5 heteroatoms. The molecule has 0 unspecified atom stereocenters. The zero-order valence-electron chi connectivity index (χ0n) is 7.14. The predicted molar refractivity (Wildman–Crippen MR) is 45.3 cm³/mol. The van der Waals surface area contributed by atoms with Crippen molar-refractivity contribution in [3.8, 4) is 5.75 Å². The first-order valence-electron chi connectivity index (χ1n) is 3.89. The van der Waals surface area contributed by atoms with Crippen molar-refractivity contribution in [2.45, 2.75) is 12.5 Å². The monoisotopic (exact) mass is 200 g/mol. The van der Waals surface area contributed by atoms with Crippen LogP contribution in [-0.2, 0) is 4.79 Å². The molecule has 0 spiro atoms. The quantitative estimate of drug-likeness (QED) is 0.681. The summed E-state index contributed by atoms with van der Waals surface area (Å²) in [7, 11) is 0. The van der Waals surface area contributed by atoms with E-state index in [9.17, 15) is 14.3 Å². The van der Waals surface area contributed by atoms with Gasteiger partial charge in [-0.2, -0.15) is 0 Å². The Hall–Kier alpha value is -1.62. The normalized spacial score (nSPS) is 12.4. The molecule has 0 saturated carbocycles. The molecular weight excluding hydrogens is 191 g/mol. The standard InChI is InChI=1S/C9H9FO4/c10-7-3-5(11)1-2-6(7)8(12)4-9(13)14/h1-3,8,11-12H,4H2,(H,13,14)/t8-/m0/s1. The van der Waals surface area contributed by atoms with Crippen molar-refractivity contribution >= 4 is 5.97 Å². The summed E-state index contributed by atoms with van der Waals surface area (Å²) >= 11 is 0. The van der Waals surface area contributed by atoms with E-state index in [0.717, 1.165) is 12.1 Å². The third-order valence-electron chi connectivity index (χ3n) is 1.71. The fourth-order valence-electron chi connectivity index (χ4n) is 1.06. The van der Waals surface area contributed by atoms with E-state index in [1.165, 1.54) is 6.07 Å². The molecule has 1 atom stereocenters. The third-order valence-corrected chi connectivity index (χ3v) is 1.71.